The second-order valence-electron chi connectivity index (χ2n) is 7.24. The second kappa shape index (κ2) is 9.86. The summed E-state index contributed by atoms with van der Waals surface area (Å²) < 4.78 is 23.1. The molecule has 6 nitrogen and oxygen atoms in total. The van der Waals surface area contributed by atoms with Gasteiger partial charge in [0.05, 0.1) is 17.0 Å². The number of amides is 1. The highest BCUT2D eigenvalue weighted by atomic mass is 32.2. The number of nitrogens with zero attached hydrogens (tertiary/aromatic N) is 1. The summed E-state index contributed by atoms with van der Waals surface area (Å²) in [7, 11) is -3.22. The van der Waals surface area contributed by atoms with Gasteiger partial charge in [-0.05, 0) is 49.6 Å². The third kappa shape index (κ3) is 6.67. The molecule has 1 amide bonds. The molecule has 3 rings (SSSR count). The van der Waals surface area contributed by atoms with E-state index in [2.05, 4.69) is 27.8 Å². The van der Waals surface area contributed by atoms with Crippen LogP contribution >= 0.6 is 11.3 Å². The van der Waals surface area contributed by atoms with Gasteiger partial charge in [0.25, 0.3) is 0 Å². The lowest BCUT2D eigenvalue weighted by atomic mass is 10.1. The highest BCUT2D eigenvalue weighted by Crippen LogP contribution is 2.22. The first-order valence-corrected chi connectivity index (χ1v) is 12.4. The number of aryl methyl sites for hydroxylation is 1. The third-order valence-electron chi connectivity index (χ3n) is 4.54. The Kier molecular flexibility index (Phi) is 7.23. The minimum atomic E-state index is -3.22. The molecule has 0 fully saturated rings. The Bertz CT molecular complexity index is 1080. The van der Waals surface area contributed by atoms with E-state index in [1.807, 2.05) is 30.5 Å². The topological polar surface area (TPSA) is 88.2 Å². The summed E-state index contributed by atoms with van der Waals surface area (Å²) in [6.45, 7) is 2.01. The number of thiazole rings is 1. The zero-order valence-corrected chi connectivity index (χ0v) is 18.6. The number of carbonyl (C=O) groups excluding carboxylic acids is 1. The molecule has 0 saturated carbocycles. The summed E-state index contributed by atoms with van der Waals surface area (Å²) in [4.78, 5) is 17.0. The van der Waals surface area contributed by atoms with Crippen LogP contribution in [0.2, 0.25) is 0 Å². The van der Waals surface area contributed by atoms with Gasteiger partial charge in [-0.2, -0.15) is 0 Å². The van der Waals surface area contributed by atoms with Gasteiger partial charge in [0, 0.05) is 23.4 Å². The maximum Gasteiger partial charge on any atom is 0.226 e. The Morgan fingerprint density at radius 1 is 1.10 bits per heavy atom. The third-order valence-corrected chi connectivity index (χ3v) is 6.48. The number of hydrogen-bond acceptors (Lipinski definition) is 6. The molecule has 0 spiro atoms. The molecular formula is C22H25N3O3S2. The minimum absolute atomic E-state index is 0.0510. The standard InChI is InChI=1S/C22H25N3O3S2/c1-16(8-9-17-6-4-3-5-7-17)23-21(26)14-19-15-29-22(25-19)24-18-10-12-20(13-11-18)30(2,27)28/h3-7,10-13,15-16H,8-9,14H2,1-2H3,(H,23,26)(H,24,25). The van der Waals surface area contributed by atoms with Gasteiger partial charge >= 0.3 is 0 Å². The minimum Gasteiger partial charge on any atom is -0.353 e. The predicted molar refractivity (Wildman–Crippen MR) is 121 cm³/mol. The number of aromatic nitrogens is 1. The van der Waals surface area contributed by atoms with E-state index in [4.69, 9.17) is 0 Å². The van der Waals surface area contributed by atoms with Crippen molar-refractivity contribution in [1.29, 1.82) is 0 Å². The molecule has 8 heteroatoms. The van der Waals surface area contributed by atoms with Crippen molar-refractivity contribution in [3.63, 3.8) is 0 Å². The summed E-state index contributed by atoms with van der Waals surface area (Å²) >= 11 is 1.40. The zero-order valence-electron chi connectivity index (χ0n) is 17.0. The van der Waals surface area contributed by atoms with Crippen LogP contribution in [0.3, 0.4) is 0 Å². The van der Waals surface area contributed by atoms with E-state index < -0.39 is 9.84 Å². The lowest BCUT2D eigenvalue weighted by molar-refractivity contribution is -0.121. The van der Waals surface area contributed by atoms with Gasteiger partial charge in [0.15, 0.2) is 15.0 Å². The fourth-order valence-corrected chi connectivity index (χ4v) is 4.31. The number of nitrogens with one attached hydrogen (secondary N) is 2. The molecule has 0 aliphatic carbocycles. The number of carbonyl (C=O) groups is 1. The Balaban J connectivity index is 1.48. The Morgan fingerprint density at radius 2 is 1.80 bits per heavy atom. The predicted octanol–water partition coefficient (Wildman–Crippen LogP) is 3.97. The van der Waals surface area contributed by atoms with Crippen LogP contribution in [0.5, 0.6) is 0 Å². The van der Waals surface area contributed by atoms with E-state index in [1.54, 1.807) is 24.3 Å². The number of rotatable bonds is 9. The lowest BCUT2D eigenvalue weighted by Crippen LogP contribution is -2.34. The molecule has 0 bridgehead atoms. The van der Waals surface area contributed by atoms with E-state index in [9.17, 15) is 13.2 Å². The fraction of sp³-hybridized carbons (Fsp3) is 0.273. The van der Waals surface area contributed by atoms with Crippen molar-refractivity contribution in [2.45, 2.75) is 37.1 Å². The number of benzene rings is 2. The first-order valence-electron chi connectivity index (χ1n) is 9.64. The molecule has 3 aromatic rings. The Morgan fingerprint density at radius 3 is 2.47 bits per heavy atom. The summed E-state index contributed by atoms with van der Waals surface area (Å²) in [5, 5.41) is 8.67. The normalized spacial score (nSPS) is 12.3. The number of hydrogen-bond donors (Lipinski definition) is 2. The van der Waals surface area contributed by atoms with Crippen molar-refractivity contribution < 1.29 is 13.2 Å². The molecule has 2 N–H and O–H groups in total. The molecule has 0 aliphatic rings. The van der Waals surface area contributed by atoms with Crippen LogP contribution in [-0.4, -0.2) is 31.6 Å². The van der Waals surface area contributed by atoms with Gasteiger partial charge in [-0.15, -0.1) is 11.3 Å². The molecular weight excluding hydrogens is 418 g/mol. The molecule has 1 aromatic heterocycles. The maximum atomic E-state index is 12.3. The first kappa shape index (κ1) is 22.0. The van der Waals surface area contributed by atoms with Crippen molar-refractivity contribution in [2.75, 3.05) is 11.6 Å². The van der Waals surface area contributed by atoms with Gasteiger partial charge in [0.1, 0.15) is 0 Å². The molecule has 1 heterocycles. The number of sulfone groups is 1. The summed E-state index contributed by atoms with van der Waals surface area (Å²) in [6, 6.07) is 16.8. The monoisotopic (exact) mass is 443 g/mol. The fourth-order valence-electron chi connectivity index (χ4n) is 2.94. The largest absolute Gasteiger partial charge is 0.353 e. The quantitative estimate of drug-likeness (QED) is 0.522. The smallest absolute Gasteiger partial charge is 0.226 e. The van der Waals surface area contributed by atoms with Crippen molar-refractivity contribution >= 4 is 37.9 Å². The molecule has 0 aliphatic heterocycles. The van der Waals surface area contributed by atoms with Gasteiger partial charge in [-0.25, -0.2) is 13.4 Å². The molecule has 2 aromatic carbocycles. The van der Waals surface area contributed by atoms with E-state index in [0.29, 0.717) is 10.8 Å². The summed E-state index contributed by atoms with van der Waals surface area (Å²) in [5.41, 5.74) is 2.70. The average Bonchev–Trinajstić information content (AvgIpc) is 3.13. The van der Waals surface area contributed by atoms with Crippen molar-refractivity contribution in [3.05, 3.63) is 71.2 Å². The van der Waals surface area contributed by atoms with Crippen LogP contribution < -0.4 is 10.6 Å². The van der Waals surface area contributed by atoms with Crippen molar-refractivity contribution in [1.82, 2.24) is 10.3 Å². The van der Waals surface area contributed by atoms with E-state index in [0.717, 1.165) is 18.5 Å². The summed E-state index contributed by atoms with van der Waals surface area (Å²) in [5.74, 6) is -0.0510. The van der Waals surface area contributed by atoms with E-state index >= 15 is 0 Å². The molecule has 0 saturated heterocycles. The van der Waals surface area contributed by atoms with Crippen LogP contribution in [0.25, 0.3) is 0 Å². The van der Waals surface area contributed by atoms with E-state index in [1.165, 1.54) is 23.2 Å². The molecule has 30 heavy (non-hydrogen) atoms. The van der Waals surface area contributed by atoms with Gasteiger partial charge in [-0.1, -0.05) is 30.3 Å². The van der Waals surface area contributed by atoms with Crippen LogP contribution in [0.15, 0.2) is 64.9 Å². The highest BCUT2D eigenvalue weighted by Gasteiger charge is 2.12. The maximum absolute atomic E-state index is 12.3. The second-order valence-corrected chi connectivity index (χ2v) is 10.1. The van der Waals surface area contributed by atoms with Crippen molar-refractivity contribution in [3.8, 4) is 0 Å². The van der Waals surface area contributed by atoms with Crippen LogP contribution in [0.1, 0.15) is 24.6 Å². The first-order chi connectivity index (χ1) is 14.3. The van der Waals surface area contributed by atoms with Gasteiger partial charge < -0.3 is 10.6 Å². The Labute approximate surface area is 181 Å². The summed E-state index contributed by atoms with van der Waals surface area (Å²) in [6.07, 6.45) is 3.20. The molecule has 0 radical (unpaired) electrons. The van der Waals surface area contributed by atoms with Gasteiger partial charge in [-0.3, -0.25) is 4.79 Å². The van der Waals surface area contributed by atoms with E-state index in [-0.39, 0.29) is 23.3 Å². The zero-order chi connectivity index (χ0) is 21.6. The molecule has 158 valence electrons. The number of anilines is 2. The van der Waals surface area contributed by atoms with Gasteiger partial charge in [0.2, 0.25) is 5.91 Å². The van der Waals surface area contributed by atoms with Crippen LogP contribution in [0.4, 0.5) is 10.8 Å². The van der Waals surface area contributed by atoms with Crippen LogP contribution in [0, 0.1) is 0 Å². The van der Waals surface area contributed by atoms with Crippen LogP contribution in [-0.2, 0) is 27.5 Å². The highest BCUT2D eigenvalue weighted by molar-refractivity contribution is 7.90. The van der Waals surface area contributed by atoms with Crippen molar-refractivity contribution in [2.24, 2.45) is 0 Å². The lowest BCUT2D eigenvalue weighted by Gasteiger charge is -2.13. The SMILES string of the molecule is CC(CCc1ccccc1)NC(=O)Cc1csc(Nc2ccc(S(C)(=O)=O)cc2)n1. The average molecular weight is 444 g/mol. The molecule has 1 unspecified atom stereocenters. The Hall–Kier alpha value is -2.71. The molecule has 1 atom stereocenters.